The Bertz CT molecular complexity index is 625. The van der Waals surface area contributed by atoms with E-state index in [0.29, 0.717) is 12.0 Å². The van der Waals surface area contributed by atoms with Crippen molar-refractivity contribution in [3.63, 3.8) is 0 Å². The molecule has 1 amide bonds. The number of amides is 1. The van der Waals surface area contributed by atoms with Gasteiger partial charge in [0.25, 0.3) is 5.91 Å². The van der Waals surface area contributed by atoms with E-state index in [9.17, 15) is 9.59 Å². The van der Waals surface area contributed by atoms with Gasteiger partial charge in [0.05, 0.1) is 7.11 Å². The number of hydrogen-bond acceptors (Lipinski definition) is 3. The highest BCUT2D eigenvalue weighted by atomic mass is 16.5. The van der Waals surface area contributed by atoms with Crippen molar-refractivity contribution in [2.24, 2.45) is 0 Å². The number of methoxy groups -OCH3 is 1. The summed E-state index contributed by atoms with van der Waals surface area (Å²) >= 11 is 0. The van der Waals surface area contributed by atoms with Crippen molar-refractivity contribution < 1.29 is 14.3 Å². The van der Waals surface area contributed by atoms with E-state index in [1.165, 1.54) is 12.0 Å². The van der Waals surface area contributed by atoms with Crippen molar-refractivity contribution in [2.75, 3.05) is 14.2 Å². The van der Waals surface area contributed by atoms with Crippen LogP contribution in [0.2, 0.25) is 0 Å². The topological polar surface area (TPSA) is 46.6 Å². The number of likely N-dealkylation sites (N-methyl/N-ethyl adjacent to an activating group) is 1. The molecule has 114 valence electrons. The van der Waals surface area contributed by atoms with Gasteiger partial charge in [0, 0.05) is 19.0 Å². The quantitative estimate of drug-likeness (QED) is 0.797. The number of rotatable bonds is 5. The van der Waals surface area contributed by atoms with E-state index >= 15 is 0 Å². The van der Waals surface area contributed by atoms with Gasteiger partial charge in [0.2, 0.25) is 0 Å². The second-order valence-corrected chi connectivity index (χ2v) is 5.01. The Hall–Kier alpha value is -2.62. The molecule has 22 heavy (non-hydrogen) atoms. The SMILES string of the molecule is COC(=O)C(Cc1ccccc1)N(C)C(=O)c1ccccc1. The second kappa shape index (κ2) is 7.41. The first-order valence-corrected chi connectivity index (χ1v) is 7.07. The normalized spacial score (nSPS) is 11.5. The fourth-order valence-electron chi connectivity index (χ4n) is 2.28. The summed E-state index contributed by atoms with van der Waals surface area (Å²) in [6.45, 7) is 0. The van der Waals surface area contributed by atoms with E-state index in [1.807, 2.05) is 36.4 Å². The van der Waals surface area contributed by atoms with Crippen molar-refractivity contribution in [2.45, 2.75) is 12.5 Å². The van der Waals surface area contributed by atoms with Crippen molar-refractivity contribution in [3.8, 4) is 0 Å². The van der Waals surface area contributed by atoms with E-state index in [4.69, 9.17) is 4.74 Å². The molecular weight excluding hydrogens is 278 g/mol. The molecule has 0 aliphatic carbocycles. The second-order valence-electron chi connectivity index (χ2n) is 5.01. The highest BCUT2D eigenvalue weighted by Crippen LogP contribution is 2.13. The average Bonchev–Trinajstić information content (AvgIpc) is 2.59. The van der Waals surface area contributed by atoms with Crippen LogP contribution in [0.3, 0.4) is 0 Å². The Morgan fingerprint density at radius 1 is 1.00 bits per heavy atom. The lowest BCUT2D eigenvalue weighted by molar-refractivity contribution is -0.145. The van der Waals surface area contributed by atoms with Crippen molar-refractivity contribution in [1.29, 1.82) is 0 Å². The third kappa shape index (κ3) is 3.73. The third-order valence-corrected chi connectivity index (χ3v) is 3.55. The maximum atomic E-state index is 12.5. The zero-order chi connectivity index (χ0) is 15.9. The molecule has 4 nitrogen and oxygen atoms in total. The van der Waals surface area contributed by atoms with Crippen LogP contribution in [0.4, 0.5) is 0 Å². The van der Waals surface area contributed by atoms with Crippen molar-refractivity contribution in [1.82, 2.24) is 4.90 Å². The van der Waals surface area contributed by atoms with Gasteiger partial charge < -0.3 is 9.64 Å². The van der Waals surface area contributed by atoms with Crippen molar-refractivity contribution in [3.05, 3.63) is 71.8 Å². The zero-order valence-corrected chi connectivity index (χ0v) is 12.7. The Balaban J connectivity index is 2.21. The van der Waals surface area contributed by atoms with Crippen LogP contribution < -0.4 is 0 Å². The molecule has 4 heteroatoms. The highest BCUT2D eigenvalue weighted by molar-refractivity contribution is 5.96. The Morgan fingerprint density at radius 2 is 1.55 bits per heavy atom. The van der Waals surface area contributed by atoms with Gasteiger partial charge in [-0.3, -0.25) is 4.79 Å². The fraction of sp³-hybridized carbons (Fsp3) is 0.222. The van der Waals surface area contributed by atoms with Gasteiger partial charge in [0.1, 0.15) is 6.04 Å². The number of esters is 1. The van der Waals surface area contributed by atoms with Gasteiger partial charge in [-0.25, -0.2) is 4.79 Å². The predicted molar refractivity (Wildman–Crippen MR) is 84.5 cm³/mol. The molecule has 0 fully saturated rings. The lowest BCUT2D eigenvalue weighted by Crippen LogP contribution is -2.44. The van der Waals surface area contributed by atoms with E-state index in [0.717, 1.165) is 5.56 Å². The van der Waals surface area contributed by atoms with Crippen LogP contribution in [0.1, 0.15) is 15.9 Å². The average molecular weight is 297 g/mol. The summed E-state index contributed by atoms with van der Waals surface area (Å²) in [7, 11) is 2.96. The maximum Gasteiger partial charge on any atom is 0.328 e. The molecular formula is C18H19NO3. The molecule has 0 aliphatic heterocycles. The summed E-state index contributed by atoms with van der Waals surface area (Å²) in [5, 5.41) is 0. The number of carbonyl (C=O) groups excluding carboxylic acids is 2. The summed E-state index contributed by atoms with van der Waals surface area (Å²) < 4.78 is 4.86. The molecule has 2 aromatic rings. The zero-order valence-electron chi connectivity index (χ0n) is 12.7. The van der Waals surface area contributed by atoms with Crippen LogP contribution in [0, 0.1) is 0 Å². The van der Waals surface area contributed by atoms with Gasteiger partial charge in [-0.05, 0) is 17.7 Å². The van der Waals surface area contributed by atoms with Gasteiger partial charge >= 0.3 is 5.97 Å². The largest absolute Gasteiger partial charge is 0.467 e. The molecule has 0 saturated carbocycles. The third-order valence-electron chi connectivity index (χ3n) is 3.55. The van der Waals surface area contributed by atoms with Crippen LogP contribution in [-0.2, 0) is 16.0 Å². The molecule has 2 aromatic carbocycles. The van der Waals surface area contributed by atoms with Crippen LogP contribution in [-0.4, -0.2) is 37.0 Å². The molecule has 0 aliphatic rings. The highest BCUT2D eigenvalue weighted by Gasteiger charge is 2.28. The Kier molecular flexibility index (Phi) is 5.31. The minimum atomic E-state index is -0.653. The summed E-state index contributed by atoms with van der Waals surface area (Å²) in [5.74, 6) is -0.623. The monoisotopic (exact) mass is 297 g/mol. The molecule has 0 radical (unpaired) electrons. The standard InChI is InChI=1S/C18H19NO3/c1-19(17(20)15-11-7-4-8-12-15)16(18(21)22-2)13-14-9-5-3-6-10-14/h3-12,16H,13H2,1-2H3. The molecule has 1 unspecified atom stereocenters. The number of carbonyl (C=O) groups is 2. The molecule has 0 bridgehead atoms. The first-order chi connectivity index (χ1) is 10.6. The van der Waals surface area contributed by atoms with E-state index in [1.54, 1.807) is 31.3 Å². The van der Waals surface area contributed by atoms with E-state index < -0.39 is 12.0 Å². The number of ether oxygens (including phenoxy) is 1. The van der Waals surface area contributed by atoms with Gasteiger partial charge in [-0.15, -0.1) is 0 Å². The van der Waals surface area contributed by atoms with E-state index in [-0.39, 0.29) is 5.91 Å². The summed E-state index contributed by atoms with van der Waals surface area (Å²) in [5.41, 5.74) is 1.53. The molecule has 0 N–H and O–H groups in total. The lowest BCUT2D eigenvalue weighted by atomic mass is 10.0. The van der Waals surface area contributed by atoms with Crippen LogP contribution >= 0.6 is 0 Å². The predicted octanol–water partition coefficient (Wildman–Crippen LogP) is 2.54. The first-order valence-electron chi connectivity index (χ1n) is 7.07. The Labute approximate surface area is 130 Å². The van der Waals surface area contributed by atoms with Gasteiger partial charge in [0.15, 0.2) is 0 Å². The smallest absolute Gasteiger partial charge is 0.328 e. The lowest BCUT2D eigenvalue weighted by Gasteiger charge is -2.26. The first kappa shape index (κ1) is 15.8. The minimum absolute atomic E-state index is 0.202. The minimum Gasteiger partial charge on any atom is -0.467 e. The molecule has 1 atom stereocenters. The molecule has 2 rings (SSSR count). The van der Waals surface area contributed by atoms with Crippen LogP contribution in [0.25, 0.3) is 0 Å². The van der Waals surface area contributed by atoms with Gasteiger partial charge in [-0.2, -0.15) is 0 Å². The van der Waals surface area contributed by atoms with Crippen molar-refractivity contribution >= 4 is 11.9 Å². The fourth-order valence-corrected chi connectivity index (χ4v) is 2.28. The summed E-state index contributed by atoms with van der Waals surface area (Å²) in [6, 6.07) is 17.8. The summed E-state index contributed by atoms with van der Waals surface area (Å²) in [4.78, 5) is 26.0. The van der Waals surface area contributed by atoms with Gasteiger partial charge in [-0.1, -0.05) is 48.5 Å². The number of benzene rings is 2. The molecule has 0 aromatic heterocycles. The molecule has 0 heterocycles. The molecule has 0 saturated heterocycles. The van der Waals surface area contributed by atoms with E-state index in [2.05, 4.69) is 0 Å². The number of nitrogens with zero attached hydrogens (tertiary/aromatic N) is 1. The Morgan fingerprint density at radius 3 is 2.09 bits per heavy atom. The van der Waals surface area contributed by atoms with Crippen LogP contribution in [0.5, 0.6) is 0 Å². The van der Waals surface area contributed by atoms with Crippen LogP contribution in [0.15, 0.2) is 60.7 Å². The maximum absolute atomic E-state index is 12.5. The summed E-state index contributed by atoms with van der Waals surface area (Å²) in [6.07, 6.45) is 0.419. The number of hydrogen-bond donors (Lipinski definition) is 0. The molecule has 0 spiro atoms.